The van der Waals surface area contributed by atoms with Crippen LogP contribution in [0.4, 0.5) is 0 Å². The third kappa shape index (κ3) is 9.87. The van der Waals surface area contributed by atoms with Gasteiger partial charge >= 0.3 is 0 Å². The molecule has 1 fully saturated rings. The van der Waals surface area contributed by atoms with Crippen molar-refractivity contribution in [2.45, 2.75) is 20.8 Å². The number of amides is 1. The standard InChI is InChI=1S/C8H18N2O.C6H13NO/c1-2-9-3-4-10-5-7-11-8-6-10;1-5(2)6(8)7(3)4/h9H,2-8H2,1H3;5H,1-4H3. The first-order valence-electron chi connectivity index (χ1n) is 7.21. The van der Waals surface area contributed by atoms with Crippen LogP contribution in [-0.4, -0.2) is 75.7 Å². The Hall–Kier alpha value is -0.650. The van der Waals surface area contributed by atoms with Gasteiger partial charge in [0.25, 0.3) is 0 Å². The molecule has 0 unspecified atom stereocenters. The van der Waals surface area contributed by atoms with E-state index in [1.54, 1.807) is 19.0 Å². The molecule has 0 aliphatic carbocycles. The monoisotopic (exact) mass is 273 g/mol. The van der Waals surface area contributed by atoms with Crippen molar-refractivity contribution in [3.63, 3.8) is 0 Å². The van der Waals surface area contributed by atoms with Crippen LogP contribution in [-0.2, 0) is 9.53 Å². The number of rotatable bonds is 5. The largest absolute Gasteiger partial charge is 0.379 e. The highest BCUT2D eigenvalue weighted by atomic mass is 16.5. The molecule has 0 atom stereocenters. The molecule has 1 N–H and O–H groups in total. The molecule has 5 nitrogen and oxygen atoms in total. The number of likely N-dealkylation sites (N-methyl/N-ethyl adjacent to an activating group) is 1. The van der Waals surface area contributed by atoms with Crippen molar-refractivity contribution in [1.82, 2.24) is 15.1 Å². The van der Waals surface area contributed by atoms with Gasteiger partial charge in [-0.05, 0) is 6.54 Å². The fraction of sp³-hybridized carbons (Fsp3) is 0.929. The molecule has 1 rings (SSSR count). The van der Waals surface area contributed by atoms with Gasteiger partial charge in [0.2, 0.25) is 5.91 Å². The molecule has 1 aliphatic heterocycles. The second-order valence-corrected chi connectivity index (χ2v) is 5.19. The summed E-state index contributed by atoms with van der Waals surface area (Å²) in [5.41, 5.74) is 0. The van der Waals surface area contributed by atoms with Gasteiger partial charge in [-0.2, -0.15) is 0 Å². The quantitative estimate of drug-likeness (QED) is 0.748. The van der Waals surface area contributed by atoms with E-state index in [-0.39, 0.29) is 11.8 Å². The minimum atomic E-state index is 0.130. The van der Waals surface area contributed by atoms with Crippen LogP contribution in [0.15, 0.2) is 0 Å². The number of hydrogen-bond acceptors (Lipinski definition) is 4. The van der Waals surface area contributed by atoms with Gasteiger partial charge in [0.15, 0.2) is 0 Å². The minimum absolute atomic E-state index is 0.130. The molecule has 1 aliphatic rings. The highest BCUT2D eigenvalue weighted by Gasteiger charge is 2.08. The predicted molar refractivity (Wildman–Crippen MR) is 79.3 cm³/mol. The summed E-state index contributed by atoms with van der Waals surface area (Å²) in [6.45, 7) is 13.3. The highest BCUT2D eigenvalue weighted by Crippen LogP contribution is 1.95. The van der Waals surface area contributed by atoms with Crippen LogP contribution in [0.25, 0.3) is 0 Å². The minimum Gasteiger partial charge on any atom is -0.379 e. The molecular weight excluding hydrogens is 242 g/mol. The van der Waals surface area contributed by atoms with Crippen LogP contribution >= 0.6 is 0 Å². The average molecular weight is 273 g/mol. The third-order valence-corrected chi connectivity index (χ3v) is 2.89. The second kappa shape index (κ2) is 11.2. The van der Waals surface area contributed by atoms with E-state index in [9.17, 15) is 4.79 Å². The second-order valence-electron chi connectivity index (χ2n) is 5.19. The summed E-state index contributed by atoms with van der Waals surface area (Å²) in [5, 5.41) is 3.31. The molecule has 19 heavy (non-hydrogen) atoms. The summed E-state index contributed by atoms with van der Waals surface area (Å²) in [5.74, 6) is 0.315. The van der Waals surface area contributed by atoms with Crippen molar-refractivity contribution in [2.75, 3.05) is 60.0 Å². The number of ether oxygens (including phenoxy) is 1. The molecule has 1 heterocycles. The Labute approximate surface area is 118 Å². The Morgan fingerprint density at radius 2 is 1.89 bits per heavy atom. The lowest BCUT2D eigenvalue weighted by Gasteiger charge is -2.26. The van der Waals surface area contributed by atoms with E-state index in [1.165, 1.54) is 0 Å². The van der Waals surface area contributed by atoms with Crippen molar-refractivity contribution in [3.8, 4) is 0 Å². The lowest BCUT2D eigenvalue weighted by atomic mass is 10.2. The van der Waals surface area contributed by atoms with Crippen molar-refractivity contribution in [2.24, 2.45) is 5.92 Å². The van der Waals surface area contributed by atoms with E-state index >= 15 is 0 Å². The van der Waals surface area contributed by atoms with E-state index in [4.69, 9.17) is 4.74 Å². The number of morpholine rings is 1. The molecule has 0 aromatic rings. The molecule has 0 aromatic carbocycles. The Bertz CT molecular complexity index is 217. The first-order chi connectivity index (χ1) is 8.99. The molecule has 0 bridgehead atoms. The average Bonchev–Trinajstić information content (AvgIpc) is 2.40. The summed E-state index contributed by atoms with van der Waals surface area (Å²) in [7, 11) is 3.53. The zero-order chi connectivity index (χ0) is 14.7. The van der Waals surface area contributed by atoms with Gasteiger partial charge in [-0.1, -0.05) is 20.8 Å². The SMILES string of the molecule is CC(C)C(=O)N(C)C.CCNCCN1CCOCC1. The topological polar surface area (TPSA) is 44.8 Å². The zero-order valence-corrected chi connectivity index (χ0v) is 13.2. The van der Waals surface area contributed by atoms with Crippen molar-refractivity contribution >= 4 is 5.91 Å². The molecule has 0 radical (unpaired) electrons. The summed E-state index contributed by atoms with van der Waals surface area (Å²) in [6, 6.07) is 0. The van der Waals surface area contributed by atoms with Gasteiger partial charge in [0.05, 0.1) is 13.2 Å². The van der Waals surface area contributed by atoms with Gasteiger partial charge in [-0.25, -0.2) is 0 Å². The molecule has 5 heteroatoms. The zero-order valence-electron chi connectivity index (χ0n) is 13.2. The van der Waals surface area contributed by atoms with Crippen molar-refractivity contribution in [1.29, 1.82) is 0 Å². The number of hydrogen-bond donors (Lipinski definition) is 1. The van der Waals surface area contributed by atoms with Crippen LogP contribution in [0.5, 0.6) is 0 Å². The first kappa shape index (κ1) is 18.4. The van der Waals surface area contributed by atoms with Gasteiger partial charge in [-0.15, -0.1) is 0 Å². The maximum Gasteiger partial charge on any atom is 0.224 e. The van der Waals surface area contributed by atoms with Crippen molar-refractivity contribution < 1.29 is 9.53 Å². The predicted octanol–water partition coefficient (Wildman–Crippen LogP) is 0.659. The highest BCUT2D eigenvalue weighted by molar-refractivity contribution is 5.77. The maximum absolute atomic E-state index is 10.8. The molecule has 1 amide bonds. The fourth-order valence-corrected chi connectivity index (χ4v) is 1.76. The third-order valence-electron chi connectivity index (χ3n) is 2.89. The first-order valence-corrected chi connectivity index (χ1v) is 7.21. The molecule has 0 saturated carbocycles. The van der Waals surface area contributed by atoms with Crippen LogP contribution in [0.3, 0.4) is 0 Å². The van der Waals surface area contributed by atoms with E-state index in [2.05, 4.69) is 17.1 Å². The van der Waals surface area contributed by atoms with E-state index in [0.29, 0.717) is 0 Å². The van der Waals surface area contributed by atoms with Gasteiger partial charge in [0.1, 0.15) is 0 Å². The van der Waals surface area contributed by atoms with Crippen LogP contribution < -0.4 is 5.32 Å². The normalized spacial score (nSPS) is 15.9. The Morgan fingerprint density at radius 3 is 2.26 bits per heavy atom. The molecular formula is C14H31N3O2. The Morgan fingerprint density at radius 1 is 1.32 bits per heavy atom. The fourth-order valence-electron chi connectivity index (χ4n) is 1.76. The van der Waals surface area contributed by atoms with Gasteiger partial charge < -0.3 is 15.0 Å². The number of carbonyl (C=O) groups excluding carboxylic acids is 1. The molecule has 1 saturated heterocycles. The van der Waals surface area contributed by atoms with Crippen LogP contribution in [0.1, 0.15) is 20.8 Å². The summed E-state index contributed by atoms with van der Waals surface area (Å²) >= 11 is 0. The summed E-state index contributed by atoms with van der Waals surface area (Å²) in [4.78, 5) is 14.8. The van der Waals surface area contributed by atoms with E-state index in [1.807, 2.05) is 13.8 Å². The molecule has 0 spiro atoms. The smallest absolute Gasteiger partial charge is 0.224 e. The maximum atomic E-state index is 10.8. The van der Waals surface area contributed by atoms with E-state index < -0.39 is 0 Å². The molecule has 0 aromatic heterocycles. The van der Waals surface area contributed by atoms with Gasteiger partial charge in [-0.3, -0.25) is 9.69 Å². The van der Waals surface area contributed by atoms with Crippen LogP contribution in [0.2, 0.25) is 0 Å². The summed E-state index contributed by atoms with van der Waals surface area (Å²) < 4.78 is 5.24. The van der Waals surface area contributed by atoms with Crippen molar-refractivity contribution in [3.05, 3.63) is 0 Å². The Balaban J connectivity index is 0.000000362. The Kier molecular flexibility index (Phi) is 10.8. The van der Waals surface area contributed by atoms with Crippen LogP contribution in [0, 0.1) is 5.92 Å². The van der Waals surface area contributed by atoms with Gasteiger partial charge in [0, 0.05) is 46.2 Å². The lowest BCUT2D eigenvalue weighted by molar-refractivity contribution is -0.131. The number of carbonyl (C=O) groups is 1. The van der Waals surface area contributed by atoms with E-state index in [0.717, 1.165) is 45.9 Å². The lowest BCUT2D eigenvalue weighted by Crippen LogP contribution is -2.40. The molecule has 114 valence electrons. The summed E-state index contributed by atoms with van der Waals surface area (Å²) in [6.07, 6.45) is 0. The number of nitrogens with one attached hydrogen (secondary N) is 1. The number of nitrogens with zero attached hydrogens (tertiary/aromatic N) is 2.